The van der Waals surface area contributed by atoms with Gasteiger partial charge in [0.15, 0.2) is 0 Å². The van der Waals surface area contributed by atoms with Crippen molar-refractivity contribution in [2.45, 2.75) is 18.4 Å². The zero-order valence-corrected chi connectivity index (χ0v) is 9.57. The van der Waals surface area contributed by atoms with Crippen LogP contribution in [-0.2, 0) is 4.79 Å². The maximum atomic E-state index is 10.9. The lowest BCUT2D eigenvalue weighted by Gasteiger charge is -2.20. The average molecular weight is 215 g/mol. The van der Waals surface area contributed by atoms with Crippen LogP contribution in [0, 0.1) is 0 Å². The van der Waals surface area contributed by atoms with Crippen LogP contribution in [0.1, 0.15) is 12.8 Å². The Morgan fingerprint density at radius 3 is 2.73 bits per heavy atom. The molecule has 1 rings (SSSR count). The largest absolute Gasteiger partial charge is 0.480 e. The average Bonchev–Trinajstić information content (AvgIpc) is 2.48. The third kappa shape index (κ3) is 3.44. The molecule has 0 spiro atoms. The van der Waals surface area contributed by atoms with Crippen LogP contribution in [0.2, 0.25) is 0 Å². The zero-order valence-electron chi connectivity index (χ0n) is 9.57. The molecule has 0 aromatic heterocycles. The van der Waals surface area contributed by atoms with Crippen molar-refractivity contribution in [2.75, 3.05) is 40.3 Å². The summed E-state index contributed by atoms with van der Waals surface area (Å²) in [6.45, 7) is 3.25. The third-order valence-electron chi connectivity index (χ3n) is 2.89. The fourth-order valence-electron chi connectivity index (χ4n) is 1.89. The molecule has 0 bridgehead atoms. The molecule has 1 unspecified atom stereocenters. The topological polar surface area (TPSA) is 69.8 Å². The molecule has 1 aliphatic heterocycles. The number of carbonyl (C=O) groups is 1. The number of carboxylic acids is 1. The number of rotatable bonds is 5. The Morgan fingerprint density at radius 1 is 1.60 bits per heavy atom. The summed E-state index contributed by atoms with van der Waals surface area (Å²) in [6, 6.07) is 0. The number of likely N-dealkylation sites (tertiary alicyclic amines) is 1. The van der Waals surface area contributed by atoms with Crippen molar-refractivity contribution in [3.8, 4) is 0 Å². The van der Waals surface area contributed by atoms with Crippen molar-refractivity contribution in [1.82, 2.24) is 9.80 Å². The van der Waals surface area contributed by atoms with Gasteiger partial charge in [-0.25, -0.2) is 0 Å². The first-order valence-corrected chi connectivity index (χ1v) is 5.33. The van der Waals surface area contributed by atoms with Gasteiger partial charge in [-0.3, -0.25) is 4.79 Å². The lowest BCUT2D eigenvalue weighted by molar-refractivity contribution is -0.142. The normalized spacial score (nSPS) is 27.5. The van der Waals surface area contributed by atoms with Gasteiger partial charge in [0.25, 0.3) is 0 Å². The van der Waals surface area contributed by atoms with Gasteiger partial charge in [0.05, 0.1) is 0 Å². The van der Waals surface area contributed by atoms with Crippen LogP contribution in [0.15, 0.2) is 0 Å². The van der Waals surface area contributed by atoms with E-state index >= 15 is 0 Å². The van der Waals surface area contributed by atoms with Gasteiger partial charge in [0.1, 0.15) is 5.54 Å². The van der Waals surface area contributed by atoms with Crippen LogP contribution in [0.5, 0.6) is 0 Å². The Morgan fingerprint density at radius 2 is 2.27 bits per heavy atom. The molecule has 5 nitrogen and oxygen atoms in total. The number of nitrogens with zero attached hydrogens (tertiary/aromatic N) is 2. The summed E-state index contributed by atoms with van der Waals surface area (Å²) in [4.78, 5) is 15.2. The Labute approximate surface area is 90.8 Å². The van der Waals surface area contributed by atoms with E-state index in [-0.39, 0.29) is 0 Å². The van der Waals surface area contributed by atoms with Crippen molar-refractivity contribution >= 4 is 5.97 Å². The van der Waals surface area contributed by atoms with Crippen LogP contribution >= 0.6 is 0 Å². The van der Waals surface area contributed by atoms with Crippen molar-refractivity contribution in [2.24, 2.45) is 5.73 Å². The highest BCUT2D eigenvalue weighted by atomic mass is 16.4. The van der Waals surface area contributed by atoms with Gasteiger partial charge < -0.3 is 20.6 Å². The minimum atomic E-state index is -1.02. The molecule has 1 saturated heterocycles. The van der Waals surface area contributed by atoms with E-state index in [1.807, 2.05) is 14.1 Å². The molecule has 5 heteroatoms. The number of carboxylic acid groups (broad SMARTS) is 1. The van der Waals surface area contributed by atoms with Gasteiger partial charge in [-0.2, -0.15) is 0 Å². The summed E-state index contributed by atoms with van der Waals surface area (Å²) in [5.74, 6) is -0.877. The molecule has 0 aliphatic carbocycles. The van der Waals surface area contributed by atoms with Crippen molar-refractivity contribution in [3.63, 3.8) is 0 Å². The highest BCUT2D eigenvalue weighted by Gasteiger charge is 2.40. The zero-order chi connectivity index (χ0) is 11.5. The molecule has 15 heavy (non-hydrogen) atoms. The molecule has 0 amide bonds. The quantitative estimate of drug-likeness (QED) is 0.642. The summed E-state index contributed by atoms with van der Waals surface area (Å²) in [5, 5.41) is 8.94. The first-order chi connectivity index (χ1) is 6.94. The van der Waals surface area contributed by atoms with Crippen LogP contribution in [0.4, 0.5) is 0 Å². The van der Waals surface area contributed by atoms with E-state index in [1.165, 1.54) is 0 Å². The fourth-order valence-corrected chi connectivity index (χ4v) is 1.89. The second-order valence-electron chi connectivity index (χ2n) is 4.64. The first kappa shape index (κ1) is 12.4. The van der Waals surface area contributed by atoms with E-state index in [0.717, 1.165) is 26.1 Å². The predicted octanol–water partition coefficient (Wildman–Crippen LogP) is -0.574. The standard InChI is InChI=1S/C10H21N3O2/c1-12(2)5-3-6-13-7-4-10(11,8-13)9(14)15/h3-8,11H2,1-2H3,(H,14,15). The van der Waals surface area contributed by atoms with E-state index in [1.54, 1.807) is 0 Å². The summed E-state index contributed by atoms with van der Waals surface area (Å²) in [5.41, 5.74) is 4.76. The highest BCUT2D eigenvalue weighted by Crippen LogP contribution is 2.18. The van der Waals surface area contributed by atoms with Crippen molar-refractivity contribution < 1.29 is 9.90 Å². The molecular weight excluding hydrogens is 194 g/mol. The van der Waals surface area contributed by atoms with Crippen molar-refractivity contribution in [3.05, 3.63) is 0 Å². The van der Waals surface area contributed by atoms with Crippen LogP contribution in [-0.4, -0.2) is 66.7 Å². The highest BCUT2D eigenvalue weighted by molar-refractivity contribution is 5.79. The van der Waals surface area contributed by atoms with Gasteiger partial charge in [0, 0.05) is 13.1 Å². The third-order valence-corrected chi connectivity index (χ3v) is 2.89. The minimum absolute atomic E-state index is 0.482. The summed E-state index contributed by atoms with van der Waals surface area (Å²) >= 11 is 0. The molecular formula is C10H21N3O2. The molecule has 0 aromatic carbocycles. The van der Waals surface area contributed by atoms with Gasteiger partial charge in [-0.05, 0) is 40.0 Å². The molecule has 88 valence electrons. The maximum absolute atomic E-state index is 10.9. The summed E-state index contributed by atoms with van der Waals surface area (Å²) in [7, 11) is 4.07. The second kappa shape index (κ2) is 4.92. The lowest BCUT2D eigenvalue weighted by atomic mass is 10.0. The summed E-state index contributed by atoms with van der Waals surface area (Å²) in [6.07, 6.45) is 1.62. The number of nitrogens with two attached hydrogens (primary N) is 1. The number of hydrogen-bond donors (Lipinski definition) is 2. The Bertz CT molecular complexity index is 233. The summed E-state index contributed by atoms with van der Waals surface area (Å²) < 4.78 is 0. The monoisotopic (exact) mass is 215 g/mol. The Balaban J connectivity index is 2.28. The van der Waals surface area contributed by atoms with E-state index in [9.17, 15) is 4.79 Å². The van der Waals surface area contributed by atoms with E-state index in [4.69, 9.17) is 10.8 Å². The first-order valence-electron chi connectivity index (χ1n) is 5.33. The van der Waals surface area contributed by atoms with Gasteiger partial charge in [-0.1, -0.05) is 0 Å². The van der Waals surface area contributed by atoms with E-state index in [2.05, 4.69) is 9.80 Å². The number of hydrogen-bond acceptors (Lipinski definition) is 4. The van der Waals surface area contributed by atoms with E-state index in [0.29, 0.717) is 13.0 Å². The molecule has 0 radical (unpaired) electrons. The van der Waals surface area contributed by atoms with Crippen LogP contribution in [0.25, 0.3) is 0 Å². The molecule has 0 aromatic rings. The molecule has 1 atom stereocenters. The van der Waals surface area contributed by atoms with Crippen molar-refractivity contribution in [1.29, 1.82) is 0 Å². The lowest BCUT2D eigenvalue weighted by Crippen LogP contribution is -2.50. The molecule has 1 heterocycles. The SMILES string of the molecule is CN(C)CCCN1CCC(N)(C(=O)O)C1. The van der Waals surface area contributed by atoms with Gasteiger partial charge >= 0.3 is 5.97 Å². The predicted molar refractivity (Wildman–Crippen MR) is 58.8 cm³/mol. The molecule has 1 aliphatic rings. The smallest absolute Gasteiger partial charge is 0.325 e. The Hall–Kier alpha value is -0.650. The van der Waals surface area contributed by atoms with E-state index < -0.39 is 11.5 Å². The van der Waals surface area contributed by atoms with Crippen LogP contribution in [0.3, 0.4) is 0 Å². The van der Waals surface area contributed by atoms with Gasteiger partial charge in [0.2, 0.25) is 0 Å². The molecule has 1 fully saturated rings. The van der Waals surface area contributed by atoms with Gasteiger partial charge in [-0.15, -0.1) is 0 Å². The second-order valence-corrected chi connectivity index (χ2v) is 4.64. The molecule has 3 N–H and O–H groups in total. The minimum Gasteiger partial charge on any atom is -0.480 e. The van der Waals surface area contributed by atoms with Crippen LogP contribution < -0.4 is 5.73 Å². The molecule has 0 saturated carbocycles. The number of aliphatic carboxylic acids is 1. The maximum Gasteiger partial charge on any atom is 0.325 e. The Kier molecular flexibility index (Phi) is 4.07. The fraction of sp³-hybridized carbons (Fsp3) is 0.900.